The number of amides is 1. The molecule has 0 unspecified atom stereocenters. The number of fused-ring (bicyclic) bond motifs is 1. The number of hydrazone groups is 1. The highest BCUT2D eigenvalue weighted by Gasteiger charge is 2.17. The molecule has 0 aliphatic carbocycles. The number of carbonyl (C=O) groups is 1. The van der Waals surface area contributed by atoms with Gasteiger partial charge in [0.15, 0.2) is 23.0 Å². The topological polar surface area (TPSA) is 133 Å². The first-order valence-corrected chi connectivity index (χ1v) is 7.87. The fraction of sp³-hybridized carbons (Fsp3) is 0.176. The van der Waals surface area contributed by atoms with Crippen molar-refractivity contribution in [3.63, 3.8) is 0 Å². The van der Waals surface area contributed by atoms with E-state index in [0.29, 0.717) is 11.5 Å². The van der Waals surface area contributed by atoms with Gasteiger partial charge in [0.1, 0.15) is 0 Å². The molecule has 0 bridgehead atoms. The zero-order valence-corrected chi connectivity index (χ0v) is 14.2. The van der Waals surface area contributed by atoms with Crippen molar-refractivity contribution in [2.24, 2.45) is 5.10 Å². The molecule has 0 saturated heterocycles. The molecule has 2 aromatic carbocycles. The van der Waals surface area contributed by atoms with Gasteiger partial charge in [0, 0.05) is 17.2 Å². The van der Waals surface area contributed by atoms with E-state index in [1.807, 2.05) is 0 Å². The molecule has 0 radical (unpaired) electrons. The lowest BCUT2D eigenvalue weighted by Gasteiger charge is -2.08. The van der Waals surface area contributed by atoms with Gasteiger partial charge in [-0.05, 0) is 25.1 Å². The average Bonchev–Trinajstić information content (AvgIpc) is 3.12. The predicted octanol–water partition coefficient (Wildman–Crippen LogP) is 2.19. The number of non-ortho nitro benzene ring substituents is 1. The molecule has 10 nitrogen and oxygen atoms in total. The summed E-state index contributed by atoms with van der Waals surface area (Å²) in [6, 6.07) is 6.87. The number of rotatable bonds is 6. The van der Waals surface area contributed by atoms with E-state index in [2.05, 4.69) is 10.5 Å². The maximum absolute atomic E-state index is 12.1. The zero-order chi connectivity index (χ0) is 19.4. The largest absolute Gasteiger partial charge is 0.504 e. The zero-order valence-electron chi connectivity index (χ0n) is 14.2. The van der Waals surface area contributed by atoms with Crippen molar-refractivity contribution in [3.8, 4) is 23.0 Å². The Morgan fingerprint density at radius 1 is 1.37 bits per heavy atom. The van der Waals surface area contributed by atoms with Crippen LogP contribution in [-0.4, -0.2) is 35.6 Å². The number of ether oxygens (including phenoxy) is 3. The third-order valence-corrected chi connectivity index (χ3v) is 3.60. The number of nitrogens with one attached hydrogen (secondary N) is 1. The van der Waals surface area contributed by atoms with Crippen LogP contribution in [0.1, 0.15) is 22.8 Å². The second kappa shape index (κ2) is 7.60. The van der Waals surface area contributed by atoms with E-state index >= 15 is 0 Å². The molecule has 1 aliphatic rings. The van der Waals surface area contributed by atoms with E-state index in [1.54, 1.807) is 13.0 Å². The Kier molecular flexibility index (Phi) is 5.06. The monoisotopic (exact) mass is 373 g/mol. The van der Waals surface area contributed by atoms with Crippen LogP contribution in [0.25, 0.3) is 0 Å². The summed E-state index contributed by atoms with van der Waals surface area (Å²) in [6.07, 6.45) is 1.09. The van der Waals surface area contributed by atoms with Crippen LogP contribution in [0.15, 0.2) is 35.4 Å². The van der Waals surface area contributed by atoms with Crippen LogP contribution in [0, 0.1) is 10.1 Å². The lowest BCUT2D eigenvalue weighted by atomic mass is 10.1. The van der Waals surface area contributed by atoms with Crippen molar-refractivity contribution in [1.82, 2.24) is 5.43 Å². The highest BCUT2D eigenvalue weighted by molar-refractivity contribution is 5.96. The number of phenols is 1. The van der Waals surface area contributed by atoms with Crippen LogP contribution in [0.3, 0.4) is 0 Å². The van der Waals surface area contributed by atoms with Gasteiger partial charge >= 0.3 is 0 Å². The summed E-state index contributed by atoms with van der Waals surface area (Å²) >= 11 is 0. The molecular weight excluding hydrogens is 358 g/mol. The van der Waals surface area contributed by atoms with Crippen molar-refractivity contribution in [3.05, 3.63) is 51.6 Å². The van der Waals surface area contributed by atoms with Crippen LogP contribution in [0.5, 0.6) is 23.0 Å². The standard InChI is InChI=1S/C17H15N3O7/c1-2-25-15-7-12(20(23)24)5-11(16(15)21)8-18-19-17(22)10-3-4-13-14(6-10)27-9-26-13/h3-8,21H,2,9H2,1H3,(H,19,22)/b18-8+. The Morgan fingerprint density at radius 3 is 2.89 bits per heavy atom. The fourth-order valence-corrected chi connectivity index (χ4v) is 2.35. The van der Waals surface area contributed by atoms with Gasteiger partial charge in [-0.2, -0.15) is 5.10 Å². The molecule has 1 aliphatic heterocycles. The maximum atomic E-state index is 12.1. The molecule has 0 saturated carbocycles. The number of phenolic OH excluding ortho intramolecular Hbond substituents is 1. The Morgan fingerprint density at radius 2 is 2.15 bits per heavy atom. The molecule has 0 aromatic heterocycles. The molecule has 0 spiro atoms. The summed E-state index contributed by atoms with van der Waals surface area (Å²) in [4.78, 5) is 22.5. The average molecular weight is 373 g/mol. The Hall–Kier alpha value is -3.82. The van der Waals surface area contributed by atoms with Gasteiger partial charge in [-0.1, -0.05) is 0 Å². The molecular formula is C17H15N3O7. The van der Waals surface area contributed by atoms with Gasteiger partial charge in [-0.25, -0.2) is 5.43 Å². The van der Waals surface area contributed by atoms with Crippen LogP contribution < -0.4 is 19.6 Å². The summed E-state index contributed by atoms with van der Waals surface area (Å²) < 4.78 is 15.5. The number of aromatic hydroxyl groups is 1. The van der Waals surface area contributed by atoms with E-state index in [0.717, 1.165) is 18.3 Å². The van der Waals surface area contributed by atoms with E-state index < -0.39 is 10.8 Å². The maximum Gasteiger partial charge on any atom is 0.274 e. The Labute approximate surface area is 153 Å². The van der Waals surface area contributed by atoms with E-state index in [-0.39, 0.29) is 41.7 Å². The van der Waals surface area contributed by atoms with Crippen molar-refractivity contribution in [2.75, 3.05) is 13.4 Å². The van der Waals surface area contributed by atoms with Gasteiger partial charge in [0.2, 0.25) is 6.79 Å². The number of benzene rings is 2. The minimum Gasteiger partial charge on any atom is -0.504 e. The minimum atomic E-state index is -0.621. The van der Waals surface area contributed by atoms with Crippen molar-refractivity contribution in [1.29, 1.82) is 0 Å². The molecule has 3 rings (SSSR count). The van der Waals surface area contributed by atoms with Crippen LogP contribution in [0.4, 0.5) is 5.69 Å². The van der Waals surface area contributed by atoms with E-state index in [4.69, 9.17) is 14.2 Å². The molecule has 140 valence electrons. The number of nitro benzene ring substituents is 1. The molecule has 0 atom stereocenters. The normalized spacial score (nSPS) is 12.2. The number of hydrogen-bond acceptors (Lipinski definition) is 8. The van der Waals surface area contributed by atoms with Crippen molar-refractivity contribution < 1.29 is 29.0 Å². The number of nitro groups is 1. The predicted molar refractivity (Wildman–Crippen MR) is 93.6 cm³/mol. The molecule has 2 N–H and O–H groups in total. The molecule has 10 heteroatoms. The first-order valence-electron chi connectivity index (χ1n) is 7.87. The number of nitrogens with zero attached hydrogens (tertiary/aromatic N) is 2. The summed E-state index contributed by atoms with van der Waals surface area (Å²) in [6.45, 7) is 1.98. The lowest BCUT2D eigenvalue weighted by Crippen LogP contribution is -2.17. The Balaban J connectivity index is 1.77. The van der Waals surface area contributed by atoms with E-state index in [1.165, 1.54) is 12.1 Å². The van der Waals surface area contributed by atoms with Gasteiger partial charge in [-0.3, -0.25) is 14.9 Å². The third kappa shape index (κ3) is 3.89. The third-order valence-electron chi connectivity index (χ3n) is 3.60. The molecule has 27 heavy (non-hydrogen) atoms. The second-order valence-corrected chi connectivity index (χ2v) is 5.34. The van der Waals surface area contributed by atoms with Gasteiger partial charge in [0.25, 0.3) is 11.6 Å². The van der Waals surface area contributed by atoms with Crippen LogP contribution in [0.2, 0.25) is 0 Å². The second-order valence-electron chi connectivity index (χ2n) is 5.34. The summed E-state index contributed by atoms with van der Waals surface area (Å²) in [5, 5.41) is 24.9. The first-order chi connectivity index (χ1) is 13.0. The summed E-state index contributed by atoms with van der Waals surface area (Å²) in [5.74, 6) is 0.0996. The van der Waals surface area contributed by atoms with Crippen LogP contribution in [-0.2, 0) is 0 Å². The number of hydrogen-bond donors (Lipinski definition) is 2. The quantitative estimate of drug-likeness (QED) is 0.450. The molecule has 1 heterocycles. The first kappa shape index (κ1) is 18.0. The van der Waals surface area contributed by atoms with Gasteiger partial charge in [-0.15, -0.1) is 0 Å². The van der Waals surface area contributed by atoms with Crippen molar-refractivity contribution in [2.45, 2.75) is 6.92 Å². The highest BCUT2D eigenvalue weighted by atomic mass is 16.7. The smallest absolute Gasteiger partial charge is 0.274 e. The minimum absolute atomic E-state index is 0.0265. The highest BCUT2D eigenvalue weighted by Crippen LogP contribution is 2.34. The van der Waals surface area contributed by atoms with Crippen LogP contribution >= 0.6 is 0 Å². The SMILES string of the molecule is CCOc1cc([N+](=O)[O-])cc(/C=N/NC(=O)c2ccc3c(c2)OCO3)c1O. The van der Waals surface area contributed by atoms with Gasteiger partial charge in [0.05, 0.1) is 23.8 Å². The summed E-state index contributed by atoms with van der Waals surface area (Å²) in [7, 11) is 0. The Bertz CT molecular complexity index is 927. The fourth-order valence-electron chi connectivity index (χ4n) is 2.35. The van der Waals surface area contributed by atoms with Crippen molar-refractivity contribution >= 4 is 17.8 Å². The molecule has 1 amide bonds. The lowest BCUT2D eigenvalue weighted by molar-refractivity contribution is -0.385. The van der Waals surface area contributed by atoms with E-state index in [9.17, 15) is 20.0 Å². The summed E-state index contributed by atoms with van der Waals surface area (Å²) in [5.41, 5.74) is 2.31. The molecule has 2 aromatic rings. The molecule has 0 fully saturated rings. The van der Waals surface area contributed by atoms with Gasteiger partial charge < -0.3 is 19.3 Å². The number of carbonyl (C=O) groups excluding carboxylic acids is 1.